The minimum absolute atomic E-state index is 0.116. The highest BCUT2D eigenvalue weighted by atomic mass is 32.1. The summed E-state index contributed by atoms with van der Waals surface area (Å²) >= 11 is 5.11. The molecule has 0 aliphatic carbocycles. The van der Waals surface area contributed by atoms with E-state index in [-0.39, 0.29) is 22.3 Å². The van der Waals surface area contributed by atoms with Crippen molar-refractivity contribution >= 4 is 17.9 Å². The first-order chi connectivity index (χ1) is 12.5. The van der Waals surface area contributed by atoms with Crippen LogP contribution in [-0.4, -0.2) is 36.9 Å². The van der Waals surface area contributed by atoms with E-state index in [1.165, 1.54) is 4.57 Å². The number of hydrogen-bond acceptors (Lipinski definition) is 6. The van der Waals surface area contributed by atoms with Gasteiger partial charge in [-0.05, 0) is 57.0 Å². The highest BCUT2D eigenvalue weighted by Crippen LogP contribution is 2.31. The van der Waals surface area contributed by atoms with Gasteiger partial charge >= 0.3 is 0 Å². The second kappa shape index (κ2) is 7.82. The number of pyridine rings is 1. The van der Waals surface area contributed by atoms with Crippen LogP contribution in [0.5, 0.6) is 5.88 Å². The molecule has 3 heterocycles. The van der Waals surface area contributed by atoms with E-state index in [1.54, 1.807) is 13.1 Å². The Morgan fingerprint density at radius 1 is 1.50 bits per heavy atom. The van der Waals surface area contributed by atoms with E-state index in [9.17, 15) is 9.90 Å². The molecule has 2 N–H and O–H groups in total. The first-order valence-electron chi connectivity index (χ1n) is 8.81. The Bertz CT molecular complexity index is 919. The van der Waals surface area contributed by atoms with Gasteiger partial charge in [-0.15, -0.1) is 0 Å². The second-order valence-electron chi connectivity index (χ2n) is 6.35. The lowest BCUT2D eigenvalue weighted by Crippen LogP contribution is -2.31. The monoisotopic (exact) mass is 373 g/mol. The van der Waals surface area contributed by atoms with E-state index in [4.69, 9.17) is 12.2 Å². The molecule has 2 aromatic heterocycles. The van der Waals surface area contributed by atoms with Gasteiger partial charge in [0, 0.05) is 25.5 Å². The Labute approximate surface area is 157 Å². The molecule has 1 saturated heterocycles. The topological polar surface area (TPSA) is 86.5 Å². The number of rotatable bonds is 4. The smallest absolute Gasteiger partial charge is 0.264 e. The number of aromatic nitrogens is 3. The zero-order chi connectivity index (χ0) is 18.7. The summed E-state index contributed by atoms with van der Waals surface area (Å²) in [7, 11) is 0. The van der Waals surface area contributed by atoms with Crippen molar-refractivity contribution in [1.82, 2.24) is 19.5 Å². The second-order valence-corrected chi connectivity index (χ2v) is 6.74. The van der Waals surface area contributed by atoms with Crippen molar-refractivity contribution in [3.8, 4) is 5.88 Å². The van der Waals surface area contributed by atoms with Gasteiger partial charge in [-0.1, -0.05) is 6.07 Å². The van der Waals surface area contributed by atoms with Crippen LogP contribution in [0.1, 0.15) is 50.3 Å². The van der Waals surface area contributed by atoms with Gasteiger partial charge in [0.1, 0.15) is 5.56 Å². The lowest BCUT2D eigenvalue weighted by atomic mass is 9.98. The number of aromatic hydroxyl groups is 1. The van der Waals surface area contributed by atoms with Crippen molar-refractivity contribution in [2.45, 2.75) is 45.7 Å². The quantitative estimate of drug-likeness (QED) is 0.636. The molecule has 7 nitrogen and oxygen atoms in total. The molecule has 1 atom stereocenters. The summed E-state index contributed by atoms with van der Waals surface area (Å²) in [6.07, 6.45) is 6.75. The fourth-order valence-corrected chi connectivity index (χ4v) is 3.68. The summed E-state index contributed by atoms with van der Waals surface area (Å²) in [5.41, 5.74) is 1.31. The van der Waals surface area contributed by atoms with Crippen LogP contribution in [0.25, 0.3) is 0 Å². The van der Waals surface area contributed by atoms with Crippen LogP contribution in [-0.2, 0) is 6.54 Å². The van der Waals surface area contributed by atoms with Crippen molar-refractivity contribution in [2.24, 2.45) is 5.10 Å². The van der Waals surface area contributed by atoms with Gasteiger partial charge in [-0.2, -0.15) is 5.10 Å². The van der Waals surface area contributed by atoms with E-state index in [2.05, 4.69) is 15.1 Å². The van der Waals surface area contributed by atoms with Crippen LogP contribution in [0.2, 0.25) is 0 Å². The van der Waals surface area contributed by atoms with Crippen molar-refractivity contribution in [3.63, 3.8) is 0 Å². The molecule has 8 heteroatoms. The molecule has 0 aromatic carbocycles. The van der Waals surface area contributed by atoms with E-state index < -0.39 is 5.56 Å². The number of aromatic amines is 1. The van der Waals surface area contributed by atoms with Gasteiger partial charge < -0.3 is 5.11 Å². The fourth-order valence-electron chi connectivity index (χ4n) is 3.37. The summed E-state index contributed by atoms with van der Waals surface area (Å²) in [4.78, 5) is 19.2. The predicted octanol–water partition coefficient (Wildman–Crippen LogP) is 2.98. The molecule has 1 aliphatic rings. The van der Waals surface area contributed by atoms with Gasteiger partial charge in [0.15, 0.2) is 4.77 Å². The van der Waals surface area contributed by atoms with Crippen LogP contribution in [0.15, 0.2) is 34.4 Å². The molecule has 1 unspecified atom stereocenters. The molecule has 0 amide bonds. The minimum atomic E-state index is -0.423. The van der Waals surface area contributed by atoms with Crippen LogP contribution < -0.4 is 5.56 Å². The lowest BCUT2D eigenvalue weighted by molar-refractivity contribution is 0.155. The maximum absolute atomic E-state index is 12.4. The van der Waals surface area contributed by atoms with Crippen LogP contribution in [0.3, 0.4) is 0 Å². The summed E-state index contributed by atoms with van der Waals surface area (Å²) < 4.78 is 1.69. The molecule has 26 heavy (non-hydrogen) atoms. The highest BCUT2D eigenvalue weighted by molar-refractivity contribution is 7.71. The average Bonchev–Trinajstić information content (AvgIpc) is 2.63. The molecule has 3 rings (SSSR count). The largest absolute Gasteiger partial charge is 0.494 e. The third-order valence-corrected chi connectivity index (χ3v) is 4.99. The standard InChI is InChI=1S/C18H23N5O2S/c1-3-22-17(25)15(16(24)20-18(22)26)12(2)21-23-10-5-4-8-14(23)13-7-6-9-19-11-13/h6-7,9,11,14,25H,3-5,8,10H2,1-2H3,(H,20,24,26). The summed E-state index contributed by atoms with van der Waals surface area (Å²) in [6, 6.07) is 4.08. The van der Waals surface area contributed by atoms with E-state index >= 15 is 0 Å². The van der Waals surface area contributed by atoms with Crippen molar-refractivity contribution in [1.29, 1.82) is 0 Å². The number of hydrogen-bond donors (Lipinski definition) is 2. The van der Waals surface area contributed by atoms with Gasteiger partial charge in [0.25, 0.3) is 5.56 Å². The number of nitrogens with one attached hydrogen (secondary N) is 1. The molecule has 0 radical (unpaired) electrons. The van der Waals surface area contributed by atoms with Crippen molar-refractivity contribution in [3.05, 3.63) is 50.8 Å². The van der Waals surface area contributed by atoms with Crippen LogP contribution >= 0.6 is 12.2 Å². The first kappa shape index (κ1) is 18.3. The number of nitrogens with zero attached hydrogens (tertiary/aromatic N) is 4. The summed E-state index contributed by atoms with van der Waals surface area (Å²) in [5.74, 6) is -0.141. The maximum atomic E-state index is 12.4. The zero-order valence-electron chi connectivity index (χ0n) is 15.0. The van der Waals surface area contributed by atoms with Crippen molar-refractivity contribution in [2.75, 3.05) is 6.54 Å². The summed E-state index contributed by atoms with van der Waals surface area (Å²) in [6.45, 7) is 4.85. The molecule has 1 aliphatic heterocycles. The van der Waals surface area contributed by atoms with E-state index in [0.717, 1.165) is 31.4 Å². The Kier molecular flexibility index (Phi) is 5.51. The average molecular weight is 373 g/mol. The molecule has 0 spiro atoms. The Morgan fingerprint density at radius 3 is 3.00 bits per heavy atom. The van der Waals surface area contributed by atoms with Gasteiger partial charge in [0.05, 0.1) is 11.8 Å². The number of H-pyrrole nitrogens is 1. The third-order valence-electron chi connectivity index (χ3n) is 4.67. The molecule has 0 saturated carbocycles. The lowest BCUT2D eigenvalue weighted by Gasteiger charge is -2.34. The molecular formula is C18H23N5O2S. The van der Waals surface area contributed by atoms with Crippen LogP contribution in [0.4, 0.5) is 0 Å². The minimum Gasteiger partial charge on any atom is -0.494 e. The number of piperidine rings is 1. The molecule has 0 bridgehead atoms. The van der Waals surface area contributed by atoms with Crippen LogP contribution in [0, 0.1) is 4.77 Å². The molecule has 138 valence electrons. The number of hydrazone groups is 1. The maximum Gasteiger partial charge on any atom is 0.264 e. The highest BCUT2D eigenvalue weighted by Gasteiger charge is 2.24. The Balaban J connectivity index is 2.01. The molecule has 1 fully saturated rings. The first-order valence-corrected chi connectivity index (χ1v) is 9.22. The molecular weight excluding hydrogens is 350 g/mol. The van der Waals surface area contributed by atoms with Gasteiger partial charge in [-0.3, -0.25) is 24.3 Å². The van der Waals surface area contributed by atoms with E-state index in [1.807, 2.05) is 30.3 Å². The SMILES string of the molecule is CCn1c(O)c(C(C)=NN2CCCCC2c2cccnc2)c(=O)[nH]c1=S. The normalized spacial score (nSPS) is 18.2. The third kappa shape index (κ3) is 3.55. The Morgan fingerprint density at radius 2 is 2.31 bits per heavy atom. The zero-order valence-corrected chi connectivity index (χ0v) is 15.8. The Hall–Kier alpha value is -2.48. The van der Waals surface area contributed by atoms with Gasteiger partial charge in [-0.25, -0.2) is 0 Å². The fraction of sp³-hybridized carbons (Fsp3) is 0.444. The van der Waals surface area contributed by atoms with E-state index in [0.29, 0.717) is 12.3 Å². The van der Waals surface area contributed by atoms with Gasteiger partial charge in [0.2, 0.25) is 5.88 Å². The summed E-state index contributed by atoms with van der Waals surface area (Å²) in [5, 5.41) is 17.2. The molecule has 2 aromatic rings. The van der Waals surface area contributed by atoms with Crippen molar-refractivity contribution < 1.29 is 5.11 Å². The predicted molar refractivity (Wildman–Crippen MR) is 103 cm³/mol.